The minimum Gasteiger partial charge on any atom is -0.357 e. The van der Waals surface area contributed by atoms with Crippen molar-refractivity contribution in [2.45, 2.75) is 52.0 Å². The van der Waals surface area contributed by atoms with Crippen molar-refractivity contribution in [2.24, 2.45) is 4.99 Å². The van der Waals surface area contributed by atoms with Gasteiger partial charge in [0.05, 0.1) is 6.54 Å². The molecule has 4 nitrogen and oxygen atoms in total. The van der Waals surface area contributed by atoms with Crippen molar-refractivity contribution in [3.8, 4) is 0 Å². The van der Waals surface area contributed by atoms with Crippen LogP contribution in [0.4, 0.5) is 0 Å². The smallest absolute Gasteiger partial charge is 0.193 e. The molecule has 0 aromatic rings. The summed E-state index contributed by atoms with van der Waals surface area (Å²) in [5.74, 6) is 1.03. The highest BCUT2D eigenvalue weighted by Crippen LogP contribution is 2.15. The monoisotopic (exact) mass is 422 g/mol. The van der Waals surface area contributed by atoms with Crippen LogP contribution in [0.3, 0.4) is 0 Å². The van der Waals surface area contributed by atoms with E-state index in [1.54, 1.807) is 0 Å². The van der Waals surface area contributed by atoms with Crippen LogP contribution in [0.1, 0.15) is 46.0 Å². The van der Waals surface area contributed by atoms with Crippen LogP contribution in [0.2, 0.25) is 0 Å². The molecule has 0 spiro atoms. The number of guanidine groups is 1. The van der Waals surface area contributed by atoms with E-state index in [2.05, 4.69) is 42.6 Å². The van der Waals surface area contributed by atoms with E-state index in [0.29, 0.717) is 0 Å². The van der Waals surface area contributed by atoms with Crippen molar-refractivity contribution < 1.29 is 0 Å². The van der Waals surface area contributed by atoms with Crippen molar-refractivity contribution in [3.05, 3.63) is 12.7 Å². The fourth-order valence-corrected chi connectivity index (χ4v) is 2.82. The first-order valence-corrected chi connectivity index (χ1v) is 8.53. The number of hydrogen-bond donors (Lipinski definition) is 1. The van der Waals surface area contributed by atoms with Crippen LogP contribution in [-0.2, 0) is 0 Å². The molecule has 22 heavy (non-hydrogen) atoms. The van der Waals surface area contributed by atoms with Crippen LogP contribution >= 0.6 is 24.0 Å². The van der Waals surface area contributed by atoms with Gasteiger partial charge < -0.3 is 10.2 Å². The highest BCUT2D eigenvalue weighted by molar-refractivity contribution is 14.0. The Morgan fingerprint density at radius 3 is 2.86 bits per heavy atom. The fraction of sp³-hybridized carbons (Fsp3) is 0.824. The third kappa shape index (κ3) is 8.36. The van der Waals surface area contributed by atoms with E-state index >= 15 is 0 Å². The van der Waals surface area contributed by atoms with E-state index in [1.807, 2.05) is 6.08 Å². The van der Waals surface area contributed by atoms with Crippen molar-refractivity contribution in [1.82, 2.24) is 15.1 Å². The van der Waals surface area contributed by atoms with Crippen molar-refractivity contribution in [1.29, 1.82) is 0 Å². The number of hydrogen-bond acceptors (Lipinski definition) is 2. The molecule has 0 bridgehead atoms. The molecule has 1 N–H and O–H groups in total. The van der Waals surface area contributed by atoms with Crippen LogP contribution in [0.5, 0.6) is 0 Å². The molecule has 1 unspecified atom stereocenters. The Morgan fingerprint density at radius 2 is 2.23 bits per heavy atom. The van der Waals surface area contributed by atoms with Gasteiger partial charge in [-0.15, -0.1) is 30.6 Å². The minimum absolute atomic E-state index is 0. The number of piperidine rings is 1. The summed E-state index contributed by atoms with van der Waals surface area (Å²) in [6.07, 6.45) is 8.24. The van der Waals surface area contributed by atoms with Gasteiger partial charge in [-0.2, -0.15) is 0 Å². The summed E-state index contributed by atoms with van der Waals surface area (Å²) in [7, 11) is 2.12. The molecule has 1 saturated heterocycles. The summed E-state index contributed by atoms with van der Waals surface area (Å²) in [4.78, 5) is 9.59. The van der Waals surface area contributed by atoms with Gasteiger partial charge in [0.2, 0.25) is 0 Å². The molecule has 1 atom stereocenters. The highest BCUT2D eigenvalue weighted by Gasteiger charge is 2.17. The summed E-state index contributed by atoms with van der Waals surface area (Å²) in [6, 6.07) is 0.724. The number of unbranched alkanes of at least 4 members (excludes halogenated alkanes) is 1. The lowest BCUT2D eigenvalue weighted by Crippen LogP contribution is -2.41. The normalized spacial score (nSPS) is 19.4. The van der Waals surface area contributed by atoms with Gasteiger partial charge in [0, 0.05) is 32.7 Å². The van der Waals surface area contributed by atoms with E-state index in [1.165, 1.54) is 25.8 Å². The van der Waals surface area contributed by atoms with Gasteiger partial charge in [-0.3, -0.25) is 9.89 Å². The molecular formula is C17H35IN4. The summed E-state index contributed by atoms with van der Waals surface area (Å²) in [6.45, 7) is 13.4. The molecule has 1 aliphatic heterocycles. The van der Waals surface area contributed by atoms with Gasteiger partial charge in [-0.05, 0) is 46.1 Å². The Morgan fingerprint density at radius 1 is 1.45 bits per heavy atom. The van der Waals surface area contributed by atoms with Gasteiger partial charge in [0.25, 0.3) is 0 Å². The van der Waals surface area contributed by atoms with E-state index in [9.17, 15) is 0 Å². The van der Waals surface area contributed by atoms with Gasteiger partial charge >= 0.3 is 0 Å². The quantitative estimate of drug-likeness (QED) is 0.214. The van der Waals surface area contributed by atoms with E-state index in [0.717, 1.165) is 51.0 Å². The second-order valence-corrected chi connectivity index (χ2v) is 5.97. The first-order chi connectivity index (χ1) is 10.2. The van der Waals surface area contributed by atoms with Crippen LogP contribution in [-0.4, -0.2) is 61.6 Å². The Balaban J connectivity index is 0.00000441. The average molecular weight is 422 g/mol. The maximum Gasteiger partial charge on any atom is 0.193 e. The summed E-state index contributed by atoms with van der Waals surface area (Å²) in [5.41, 5.74) is 0. The maximum atomic E-state index is 4.78. The molecule has 0 aromatic carbocycles. The van der Waals surface area contributed by atoms with E-state index in [4.69, 9.17) is 4.99 Å². The van der Waals surface area contributed by atoms with Crippen molar-refractivity contribution in [2.75, 3.05) is 39.8 Å². The van der Waals surface area contributed by atoms with Crippen LogP contribution in [0.25, 0.3) is 0 Å². The zero-order valence-electron chi connectivity index (χ0n) is 14.7. The molecule has 130 valence electrons. The predicted molar refractivity (Wildman–Crippen MR) is 108 cm³/mol. The number of nitrogens with one attached hydrogen (secondary N) is 1. The number of aliphatic imine (C=N–C) groups is 1. The Labute approximate surface area is 154 Å². The molecule has 0 radical (unpaired) electrons. The average Bonchev–Trinajstić information content (AvgIpc) is 2.48. The second kappa shape index (κ2) is 13.2. The molecule has 0 aromatic heterocycles. The molecule has 1 fully saturated rings. The highest BCUT2D eigenvalue weighted by atomic mass is 127. The molecular weight excluding hydrogens is 387 g/mol. The zero-order chi connectivity index (χ0) is 15.5. The largest absolute Gasteiger partial charge is 0.357 e. The van der Waals surface area contributed by atoms with Crippen LogP contribution in [0.15, 0.2) is 17.6 Å². The predicted octanol–water partition coefficient (Wildman–Crippen LogP) is 3.34. The van der Waals surface area contributed by atoms with Crippen molar-refractivity contribution in [3.63, 3.8) is 0 Å². The van der Waals surface area contributed by atoms with Crippen LogP contribution in [0, 0.1) is 0 Å². The number of likely N-dealkylation sites (tertiary alicyclic amines) is 1. The Kier molecular flexibility index (Phi) is 13.0. The zero-order valence-corrected chi connectivity index (χ0v) is 17.0. The molecule has 0 amide bonds. The molecule has 0 saturated carbocycles. The molecule has 1 aliphatic rings. The molecule has 1 rings (SSSR count). The maximum absolute atomic E-state index is 4.78. The Bertz CT molecular complexity index is 320. The number of allylic oxidation sites excluding steroid dienone is 1. The van der Waals surface area contributed by atoms with Crippen molar-refractivity contribution >= 4 is 29.9 Å². The van der Waals surface area contributed by atoms with Gasteiger partial charge in [0.1, 0.15) is 0 Å². The summed E-state index contributed by atoms with van der Waals surface area (Å²) in [5, 5.41) is 3.39. The standard InChI is InChI=1S/C17H34N4.HI/c1-5-7-9-13-20(4)17(18-6-2)19-12-15-21-14-10-8-11-16(21)3;/h5,16H,1,6-15H2,2-4H3,(H,18,19);1H. The first-order valence-electron chi connectivity index (χ1n) is 8.53. The lowest BCUT2D eigenvalue weighted by Gasteiger charge is -2.33. The van der Waals surface area contributed by atoms with Gasteiger partial charge in [-0.1, -0.05) is 12.5 Å². The number of halogens is 1. The number of nitrogens with zero attached hydrogens (tertiary/aromatic N) is 3. The summed E-state index contributed by atoms with van der Waals surface area (Å²) >= 11 is 0. The molecule has 5 heteroatoms. The van der Waals surface area contributed by atoms with Gasteiger partial charge in [0.15, 0.2) is 5.96 Å². The summed E-state index contributed by atoms with van der Waals surface area (Å²) < 4.78 is 0. The number of rotatable bonds is 8. The topological polar surface area (TPSA) is 30.9 Å². The second-order valence-electron chi connectivity index (χ2n) is 5.97. The fourth-order valence-electron chi connectivity index (χ4n) is 2.82. The third-order valence-electron chi connectivity index (χ3n) is 4.19. The Hall–Kier alpha value is -0.300. The third-order valence-corrected chi connectivity index (χ3v) is 4.19. The lowest BCUT2D eigenvalue weighted by atomic mass is 10.0. The minimum atomic E-state index is 0. The molecule has 1 heterocycles. The van der Waals surface area contributed by atoms with E-state index < -0.39 is 0 Å². The molecule has 0 aliphatic carbocycles. The van der Waals surface area contributed by atoms with E-state index in [-0.39, 0.29) is 24.0 Å². The van der Waals surface area contributed by atoms with Gasteiger partial charge in [-0.25, -0.2) is 0 Å². The van der Waals surface area contributed by atoms with Crippen LogP contribution < -0.4 is 5.32 Å². The first kappa shape index (κ1) is 21.7. The lowest BCUT2D eigenvalue weighted by molar-refractivity contribution is 0.165. The SMILES string of the molecule is C=CCCCN(C)C(=NCCN1CCCCC1C)NCC.I.